The molecule has 3 aromatic rings. The van der Waals surface area contributed by atoms with E-state index in [2.05, 4.69) is 52.1 Å². The van der Waals surface area contributed by atoms with Crippen LogP contribution in [0.5, 0.6) is 0 Å². The Morgan fingerprint density at radius 3 is 2.65 bits per heavy atom. The van der Waals surface area contributed by atoms with E-state index in [0.717, 1.165) is 5.69 Å². The third-order valence-electron chi connectivity index (χ3n) is 2.54. The van der Waals surface area contributed by atoms with Crippen molar-refractivity contribution >= 4 is 34.1 Å². The van der Waals surface area contributed by atoms with Gasteiger partial charge in [0.1, 0.15) is 4.21 Å². The van der Waals surface area contributed by atoms with Gasteiger partial charge in [-0.15, -0.1) is 5.10 Å². The molecule has 1 heterocycles. The molecule has 0 saturated heterocycles. The Hall–Kier alpha value is -1.39. The number of fused-ring (bicyclic) bond motifs is 1. The molecule has 2 aromatic carbocycles. The summed E-state index contributed by atoms with van der Waals surface area (Å²) in [6.07, 6.45) is 0. The van der Waals surface area contributed by atoms with Crippen LogP contribution in [0, 0.1) is 6.92 Å². The molecule has 0 amide bonds. The molecule has 1 aromatic heterocycles. The van der Waals surface area contributed by atoms with Crippen molar-refractivity contribution in [3.8, 4) is 0 Å². The second-order valence-electron chi connectivity index (χ2n) is 3.76. The zero-order chi connectivity index (χ0) is 11.7. The van der Waals surface area contributed by atoms with E-state index in [1.165, 1.54) is 31.4 Å². The molecule has 4 heteroatoms. The van der Waals surface area contributed by atoms with Gasteiger partial charge in [0.25, 0.3) is 0 Å². The van der Waals surface area contributed by atoms with E-state index < -0.39 is 0 Å². The highest BCUT2D eigenvalue weighted by molar-refractivity contribution is 8.01. The molecule has 0 unspecified atom stereocenters. The summed E-state index contributed by atoms with van der Waals surface area (Å²) in [4.78, 5) is 1.23. The van der Waals surface area contributed by atoms with Gasteiger partial charge >= 0.3 is 0 Å². The Bertz CT molecular complexity index is 661. The molecule has 0 fully saturated rings. The van der Waals surface area contributed by atoms with Crippen LogP contribution < -0.4 is 0 Å². The van der Waals surface area contributed by atoms with Crippen LogP contribution in [0.25, 0.3) is 10.8 Å². The normalized spacial score (nSPS) is 10.9. The van der Waals surface area contributed by atoms with Gasteiger partial charge in [-0.25, -0.2) is 0 Å². The molecular formula is C13H10N2S2. The minimum Gasteiger partial charge on any atom is -0.142 e. The smallest absolute Gasteiger partial charge is 0.109 e. The molecule has 0 aliphatic carbocycles. The molecule has 0 bridgehead atoms. The zero-order valence-corrected chi connectivity index (χ0v) is 10.9. The first-order valence-corrected chi connectivity index (χ1v) is 6.87. The fourth-order valence-electron chi connectivity index (χ4n) is 1.66. The van der Waals surface area contributed by atoms with Crippen molar-refractivity contribution in [3.05, 3.63) is 48.2 Å². The van der Waals surface area contributed by atoms with Gasteiger partial charge in [-0.3, -0.25) is 0 Å². The first kappa shape index (κ1) is 10.7. The van der Waals surface area contributed by atoms with E-state index in [-0.39, 0.29) is 0 Å². The lowest BCUT2D eigenvalue weighted by Gasteiger charge is -2.01. The Labute approximate surface area is 108 Å². The predicted octanol–water partition coefficient (Wildman–Crippen LogP) is 4.15. The summed E-state index contributed by atoms with van der Waals surface area (Å²) in [6.45, 7) is 1.99. The zero-order valence-electron chi connectivity index (χ0n) is 9.25. The maximum atomic E-state index is 4.02. The number of rotatable bonds is 2. The Morgan fingerprint density at radius 1 is 1.06 bits per heavy atom. The SMILES string of the molecule is Cc1nnsc1Sc1ccc2ccccc2c1. The number of aryl methyl sites for hydroxylation is 1. The average molecular weight is 258 g/mol. The van der Waals surface area contributed by atoms with Crippen LogP contribution in [0.2, 0.25) is 0 Å². The number of nitrogens with zero attached hydrogens (tertiary/aromatic N) is 2. The van der Waals surface area contributed by atoms with Gasteiger partial charge in [0.05, 0.1) is 5.69 Å². The molecule has 3 rings (SSSR count). The minimum absolute atomic E-state index is 1.01. The van der Waals surface area contributed by atoms with Crippen molar-refractivity contribution in [2.45, 2.75) is 16.0 Å². The average Bonchev–Trinajstić information content (AvgIpc) is 2.75. The van der Waals surface area contributed by atoms with Crippen molar-refractivity contribution in [1.29, 1.82) is 0 Å². The summed E-state index contributed by atoms with van der Waals surface area (Å²) >= 11 is 3.18. The van der Waals surface area contributed by atoms with Gasteiger partial charge < -0.3 is 0 Å². The van der Waals surface area contributed by atoms with Crippen molar-refractivity contribution in [2.75, 3.05) is 0 Å². The van der Waals surface area contributed by atoms with Crippen LogP contribution in [0.1, 0.15) is 5.69 Å². The highest BCUT2D eigenvalue weighted by Crippen LogP contribution is 2.33. The van der Waals surface area contributed by atoms with Gasteiger partial charge in [0.2, 0.25) is 0 Å². The van der Waals surface area contributed by atoms with E-state index in [0.29, 0.717) is 0 Å². The van der Waals surface area contributed by atoms with Gasteiger partial charge in [-0.05, 0) is 41.4 Å². The van der Waals surface area contributed by atoms with Gasteiger partial charge in [0, 0.05) is 4.90 Å². The van der Waals surface area contributed by atoms with Crippen LogP contribution in [0.4, 0.5) is 0 Å². The Kier molecular flexibility index (Phi) is 2.82. The Balaban J connectivity index is 1.99. The van der Waals surface area contributed by atoms with Crippen molar-refractivity contribution < 1.29 is 0 Å². The molecule has 0 atom stereocenters. The maximum absolute atomic E-state index is 4.02. The first-order valence-electron chi connectivity index (χ1n) is 5.28. The molecule has 0 saturated carbocycles. The molecular weight excluding hydrogens is 248 g/mol. The first-order chi connectivity index (χ1) is 8.33. The van der Waals surface area contributed by atoms with Gasteiger partial charge in [-0.2, -0.15) is 0 Å². The third kappa shape index (κ3) is 2.18. The summed E-state index contributed by atoms with van der Waals surface area (Å²) < 4.78 is 5.12. The quantitative estimate of drug-likeness (QED) is 0.690. The highest BCUT2D eigenvalue weighted by Gasteiger charge is 2.05. The van der Waals surface area contributed by atoms with Crippen molar-refractivity contribution in [1.82, 2.24) is 9.59 Å². The molecule has 84 valence electrons. The largest absolute Gasteiger partial charge is 0.142 e. The lowest BCUT2D eigenvalue weighted by atomic mass is 10.1. The van der Waals surface area contributed by atoms with E-state index in [4.69, 9.17) is 0 Å². The molecule has 2 nitrogen and oxygen atoms in total. The van der Waals surface area contributed by atoms with Crippen LogP contribution in [-0.2, 0) is 0 Å². The number of hydrogen-bond acceptors (Lipinski definition) is 4. The van der Waals surface area contributed by atoms with E-state index >= 15 is 0 Å². The van der Waals surface area contributed by atoms with Gasteiger partial charge in [0.15, 0.2) is 0 Å². The molecule has 0 aliphatic rings. The van der Waals surface area contributed by atoms with Crippen molar-refractivity contribution in [2.24, 2.45) is 0 Å². The fraction of sp³-hybridized carbons (Fsp3) is 0.0769. The highest BCUT2D eigenvalue weighted by atomic mass is 32.2. The lowest BCUT2D eigenvalue weighted by Crippen LogP contribution is -1.76. The summed E-state index contributed by atoms with van der Waals surface area (Å²) in [5.74, 6) is 0. The summed E-state index contributed by atoms with van der Waals surface area (Å²) in [5, 5.41) is 6.57. The number of aromatic nitrogens is 2. The van der Waals surface area contributed by atoms with Crippen molar-refractivity contribution in [3.63, 3.8) is 0 Å². The molecule has 0 spiro atoms. The monoisotopic (exact) mass is 258 g/mol. The van der Waals surface area contributed by atoms with Crippen LogP contribution in [0.3, 0.4) is 0 Å². The molecule has 0 aliphatic heterocycles. The van der Waals surface area contributed by atoms with E-state index in [1.807, 2.05) is 6.92 Å². The van der Waals surface area contributed by atoms with Gasteiger partial charge in [-0.1, -0.05) is 46.6 Å². The molecule has 17 heavy (non-hydrogen) atoms. The predicted molar refractivity (Wildman–Crippen MR) is 72.7 cm³/mol. The maximum Gasteiger partial charge on any atom is 0.109 e. The summed E-state index contributed by atoms with van der Waals surface area (Å²) in [6, 6.07) is 14.9. The third-order valence-corrected chi connectivity index (χ3v) is 4.61. The molecule has 0 radical (unpaired) electrons. The second-order valence-corrected chi connectivity index (χ2v) is 5.85. The fourth-order valence-corrected chi connectivity index (χ4v) is 3.33. The van der Waals surface area contributed by atoms with E-state index in [9.17, 15) is 0 Å². The number of hydrogen-bond donors (Lipinski definition) is 0. The Morgan fingerprint density at radius 2 is 1.88 bits per heavy atom. The number of benzene rings is 2. The molecule has 0 N–H and O–H groups in total. The lowest BCUT2D eigenvalue weighted by molar-refractivity contribution is 1.07. The summed E-state index contributed by atoms with van der Waals surface area (Å²) in [7, 11) is 0. The van der Waals surface area contributed by atoms with E-state index in [1.54, 1.807) is 11.8 Å². The summed E-state index contributed by atoms with van der Waals surface area (Å²) in [5.41, 5.74) is 1.01. The van der Waals surface area contributed by atoms with Crippen LogP contribution in [-0.4, -0.2) is 9.59 Å². The second kappa shape index (κ2) is 4.47. The topological polar surface area (TPSA) is 25.8 Å². The van der Waals surface area contributed by atoms with Crippen LogP contribution >= 0.6 is 23.3 Å². The minimum atomic E-state index is 1.01. The van der Waals surface area contributed by atoms with Crippen LogP contribution in [0.15, 0.2) is 51.6 Å². The standard InChI is InChI=1S/C13H10N2S2/c1-9-13(17-15-14-9)16-12-7-6-10-4-2-3-5-11(10)8-12/h2-8H,1H3.